The van der Waals surface area contributed by atoms with Crippen molar-refractivity contribution >= 4 is 0 Å². The quantitative estimate of drug-likeness (QED) is 0.590. The standard InChI is InChI=1S/C5H7N2O2/c1-2-8-3-5-7-6-4-9-5/h4H,1-3H2. The minimum Gasteiger partial charge on any atom is -0.425 e. The van der Waals surface area contributed by atoms with E-state index < -0.39 is 0 Å². The van der Waals surface area contributed by atoms with Gasteiger partial charge in [0.2, 0.25) is 12.3 Å². The summed E-state index contributed by atoms with van der Waals surface area (Å²) in [5, 5.41) is 7.04. The first kappa shape index (κ1) is 6.22. The van der Waals surface area contributed by atoms with Crippen LogP contribution < -0.4 is 0 Å². The van der Waals surface area contributed by atoms with Gasteiger partial charge in [-0.25, -0.2) is 0 Å². The zero-order valence-corrected chi connectivity index (χ0v) is 4.91. The number of hydrogen-bond donors (Lipinski definition) is 0. The van der Waals surface area contributed by atoms with Crippen LogP contribution in [0.1, 0.15) is 5.89 Å². The molecule has 49 valence electrons. The monoisotopic (exact) mass is 127 g/mol. The molecule has 1 aromatic rings. The van der Waals surface area contributed by atoms with Gasteiger partial charge in [-0.1, -0.05) is 0 Å². The molecule has 0 spiro atoms. The number of hydrogen-bond acceptors (Lipinski definition) is 4. The second kappa shape index (κ2) is 3.19. The maximum absolute atomic E-state index is 4.87. The Hall–Kier alpha value is -0.900. The Morgan fingerprint density at radius 1 is 1.78 bits per heavy atom. The van der Waals surface area contributed by atoms with Gasteiger partial charge in [0.05, 0.1) is 0 Å². The highest BCUT2D eigenvalue weighted by Gasteiger charge is 1.94. The van der Waals surface area contributed by atoms with Crippen molar-refractivity contribution in [3.63, 3.8) is 0 Å². The van der Waals surface area contributed by atoms with E-state index in [0.717, 1.165) is 0 Å². The summed E-state index contributed by atoms with van der Waals surface area (Å²) >= 11 is 0. The summed E-state index contributed by atoms with van der Waals surface area (Å²) in [7, 11) is 0. The van der Waals surface area contributed by atoms with Crippen LogP contribution in [0.2, 0.25) is 0 Å². The lowest BCUT2D eigenvalue weighted by molar-refractivity contribution is 0.126. The minimum absolute atomic E-state index is 0.351. The Morgan fingerprint density at radius 3 is 3.22 bits per heavy atom. The topological polar surface area (TPSA) is 48.2 Å². The Kier molecular flexibility index (Phi) is 2.21. The van der Waals surface area contributed by atoms with Crippen molar-refractivity contribution in [3.05, 3.63) is 19.2 Å². The highest BCUT2D eigenvalue weighted by Crippen LogP contribution is 1.92. The molecule has 4 nitrogen and oxygen atoms in total. The summed E-state index contributed by atoms with van der Waals surface area (Å²) < 4.78 is 9.63. The van der Waals surface area contributed by atoms with Gasteiger partial charge < -0.3 is 9.15 Å². The lowest BCUT2D eigenvalue weighted by atomic mass is 10.7. The lowest BCUT2D eigenvalue weighted by Gasteiger charge is -1.91. The second-order valence-electron chi connectivity index (χ2n) is 1.39. The normalized spacial score (nSPS) is 9.89. The molecule has 0 aliphatic rings. The highest BCUT2D eigenvalue weighted by molar-refractivity contribution is 4.66. The summed E-state index contributed by atoms with van der Waals surface area (Å²) in [6.07, 6.45) is 1.27. The van der Waals surface area contributed by atoms with Crippen molar-refractivity contribution in [1.82, 2.24) is 10.2 Å². The molecule has 0 saturated carbocycles. The SMILES string of the molecule is [CH2]COCc1nnco1. The van der Waals surface area contributed by atoms with E-state index in [0.29, 0.717) is 19.1 Å². The Bertz CT molecular complexity index is 150. The summed E-state index contributed by atoms with van der Waals surface area (Å²) in [6, 6.07) is 0. The molecule has 0 saturated heterocycles. The van der Waals surface area contributed by atoms with Gasteiger partial charge in [0, 0.05) is 6.61 Å². The van der Waals surface area contributed by atoms with Crippen molar-refractivity contribution in [1.29, 1.82) is 0 Å². The summed E-state index contributed by atoms with van der Waals surface area (Å²) in [6.45, 7) is 4.24. The van der Waals surface area contributed by atoms with E-state index in [1.165, 1.54) is 6.39 Å². The van der Waals surface area contributed by atoms with E-state index in [1.54, 1.807) is 0 Å². The van der Waals surface area contributed by atoms with Crippen molar-refractivity contribution in [2.45, 2.75) is 6.61 Å². The number of rotatable bonds is 3. The average Bonchev–Trinajstić information content (AvgIpc) is 2.34. The Labute approximate surface area is 52.8 Å². The molecule has 0 aliphatic heterocycles. The predicted molar refractivity (Wildman–Crippen MR) is 29.3 cm³/mol. The van der Waals surface area contributed by atoms with Crippen molar-refractivity contribution in [3.8, 4) is 0 Å². The minimum atomic E-state index is 0.351. The molecule has 1 aromatic heterocycles. The third-order valence-electron chi connectivity index (χ3n) is 0.775. The van der Waals surface area contributed by atoms with E-state index in [9.17, 15) is 0 Å². The van der Waals surface area contributed by atoms with Crippen LogP contribution in [0.3, 0.4) is 0 Å². The van der Waals surface area contributed by atoms with Crippen LogP contribution in [-0.4, -0.2) is 16.8 Å². The van der Waals surface area contributed by atoms with Gasteiger partial charge in [-0.3, -0.25) is 0 Å². The Balaban J connectivity index is 2.30. The van der Waals surface area contributed by atoms with Crippen LogP contribution in [0.5, 0.6) is 0 Å². The first-order valence-electron chi connectivity index (χ1n) is 2.55. The second-order valence-corrected chi connectivity index (χ2v) is 1.39. The van der Waals surface area contributed by atoms with E-state index in [1.807, 2.05) is 0 Å². The third-order valence-corrected chi connectivity index (χ3v) is 0.775. The number of ether oxygens (including phenoxy) is 1. The fourth-order valence-electron chi connectivity index (χ4n) is 0.418. The molecule has 1 radical (unpaired) electrons. The molecule has 0 aliphatic carbocycles. The van der Waals surface area contributed by atoms with Crippen LogP contribution in [-0.2, 0) is 11.3 Å². The molecular formula is C5H7N2O2. The number of aromatic nitrogens is 2. The van der Waals surface area contributed by atoms with Crippen molar-refractivity contribution in [2.24, 2.45) is 0 Å². The van der Waals surface area contributed by atoms with Gasteiger partial charge in [-0.2, -0.15) is 0 Å². The molecule has 1 rings (SSSR count). The van der Waals surface area contributed by atoms with Crippen molar-refractivity contribution in [2.75, 3.05) is 6.61 Å². The molecule has 0 bridgehead atoms. The lowest BCUT2D eigenvalue weighted by Crippen LogP contribution is -1.91. The van der Waals surface area contributed by atoms with E-state index >= 15 is 0 Å². The molecule has 4 heteroatoms. The van der Waals surface area contributed by atoms with Crippen LogP contribution >= 0.6 is 0 Å². The molecule has 0 unspecified atom stereocenters. The molecule has 9 heavy (non-hydrogen) atoms. The van der Waals surface area contributed by atoms with Crippen molar-refractivity contribution < 1.29 is 9.15 Å². The molecule has 0 fully saturated rings. The van der Waals surface area contributed by atoms with Gasteiger partial charge >= 0.3 is 0 Å². The molecule has 0 aromatic carbocycles. The van der Waals surface area contributed by atoms with Gasteiger partial charge in [0.15, 0.2) is 0 Å². The first-order chi connectivity index (χ1) is 4.43. The molecule has 1 heterocycles. The fourth-order valence-corrected chi connectivity index (χ4v) is 0.418. The van der Waals surface area contributed by atoms with Crippen LogP contribution in [0.25, 0.3) is 0 Å². The van der Waals surface area contributed by atoms with Gasteiger partial charge in [-0.05, 0) is 6.92 Å². The average molecular weight is 127 g/mol. The van der Waals surface area contributed by atoms with Gasteiger partial charge in [0.25, 0.3) is 0 Å². The van der Waals surface area contributed by atoms with E-state index in [-0.39, 0.29) is 0 Å². The molecule has 0 N–H and O–H groups in total. The molecule has 0 amide bonds. The smallest absolute Gasteiger partial charge is 0.241 e. The third kappa shape index (κ3) is 1.81. The van der Waals surface area contributed by atoms with E-state index in [2.05, 4.69) is 17.1 Å². The molecule has 0 atom stereocenters. The number of nitrogens with zero attached hydrogens (tertiary/aromatic N) is 2. The van der Waals surface area contributed by atoms with Crippen LogP contribution in [0.4, 0.5) is 0 Å². The zero-order valence-electron chi connectivity index (χ0n) is 4.91. The largest absolute Gasteiger partial charge is 0.425 e. The maximum atomic E-state index is 4.87. The predicted octanol–water partition coefficient (Wildman–Crippen LogP) is 0.420. The Morgan fingerprint density at radius 2 is 2.67 bits per heavy atom. The summed E-state index contributed by atoms with van der Waals surface area (Å²) in [4.78, 5) is 0. The molecular weight excluding hydrogens is 120 g/mol. The van der Waals surface area contributed by atoms with Crippen LogP contribution in [0, 0.1) is 6.92 Å². The maximum Gasteiger partial charge on any atom is 0.241 e. The summed E-state index contributed by atoms with van der Waals surface area (Å²) in [5.41, 5.74) is 0. The first-order valence-corrected chi connectivity index (χ1v) is 2.55. The zero-order chi connectivity index (χ0) is 6.53. The van der Waals surface area contributed by atoms with E-state index in [4.69, 9.17) is 9.15 Å². The van der Waals surface area contributed by atoms with Gasteiger partial charge in [0.1, 0.15) is 6.61 Å². The highest BCUT2D eigenvalue weighted by atomic mass is 16.5. The fraction of sp³-hybridized carbons (Fsp3) is 0.400. The van der Waals surface area contributed by atoms with Crippen LogP contribution in [0.15, 0.2) is 10.8 Å². The van der Waals surface area contributed by atoms with Gasteiger partial charge in [-0.15, -0.1) is 10.2 Å². The summed E-state index contributed by atoms with van der Waals surface area (Å²) in [5.74, 6) is 0.485.